The number of nitrogens with zero attached hydrogens (tertiary/aromatic N) is 1. The third-order valence-electron chi connectivity index (χ3n) is 2.77. The molecule has 1 heterocycles. The number of pyridine rings is 1. The highest BCUT2D eigenvalue weighted by molar-refractivity contribution is 6.18. The number of anilines is 1. The molecule has 0 aliphatic carbocycles. The van der Waals surface area contributed by atoms with Gasteiger partial charge in [-0.3, -0.25) is 9.78 Å². The summed E-state index contributed by atoms with van der Waals surface area (Å²) in [5.74, 6) is 0.443. The van der Waals surface area contributed by atoms with E-state index in [4.69, 9.17) is 11.6 Å². The molecule has 0 atom stereocenters. The van der Waals surface area contributed by atoms with Crippen LogP contribution >= 0.6 is 11.6 Å². The maximum Gasteiger partial charge on any atom is 0.257 e. The van der Waals surface area contributed by atoms with Gasteiger partial charge in [0.25, 0.3) is 5.91 Å². The SMILES string of the molecule is Cc1ccc(C(=O)Nc2ccc(CCCl)cc2)cn1. The number of nitrogens with one attached hydrogen (secondary N) is 1. The van der Waals surface area contributed by atoms with Crippen molar-refractivity contribution in [2.24, 2.45) is 0 Å². The van der Waals surface area contributed by atoms with Crippen molar-refractivity contribution in [3.8, 4) is 0 Å². The summed E-state index contributed by atoms with van der Waals surface area (Å²) in [6.45, 7) is 1.89. The summed E-state index contributed by atoms with van der Waals surface area (Å²) in [5.41, 5.74) is 3.37. The third kappa shape index (κ3) is 3.80. The molecule has 19 heavy (non-hydrogen) atoms. The smallest absolute Gasteiger partial charge is 0.257 e. The van der Waals surface area contributed by atoms with Gasteiger partial charge < -0.3 is 5.32 Å². The van der Waals surface area contributed by atoms with Crippen molar-refractivity contribution in [3.05, 3.63) is 59.4 Å². The Labute approximate surface area is 117 Å². The number of aromatic nitrogens is 1. The Kier molecular flexibility index (Phi) is 4.53. The molecular formula is C15H15ClN2O. The van der Waals surface area contributed by atoms with Crippen molar-refractivity contribution in [2.45, 2.75) is 13.3 Å². The minimum atomic E-state index is -0.155. The predicted molar refractivity (Wildman–Crippen MR) is 77.8 cm³/mol. The zero-order chi connectivity index (χ0) is 13.7. The first-order valence-electron chi connectivity index (χ1n) is 6.08. The largest absolute Gasteiger partial charge is 0.322 e. The van der Waals surface area contributed by atoms with Crippen molar-refractivity contribution >= 4 is 23.2 Å². The molecule has 4 heteroatoms. The maximum atomic E-state index is 12.0. The van der Waals surface area contributed by atoms with Gasteiger partial charge in [-0.25, -0.2) is 0 Å². The lowest BCUT2D eigenvalue weighted by molar-refractivity contribution is 0.102. The fraction of sp³-hybridized carbons (Fsp3) is 0.200. The Morgan fingerprint density at radius 1 is 1.21 bits per heavy atom. The molecule has 3 nitrogen and oxygen atoms in total. The Bertz CT molecular complexity index is 549. The number of carbonyl (C=O) groups excluding carboxylic acids is 1. The van der Waals surface area contributed by atoms with Gasteiger partial charge in [0, 0.05) is 23.5 Å². The van der Waals surface area contributed by atoms with E-state index in [1.807, 2.05) is 37.3 Å². The predicted octanol–water partition coefficient (Wildman–Crippen LogP) is 3.42. The molecule has 0 saturated carbocycles. The second-order valence-electron chi connectivity index (χ2n) is 4.28. The Balaban J connectivity index is 2.04. The summed E-state index contributed by atoms with van der Waals surface area (Å²) >= 11 is 5.68. The van der Waals surface area contributed by atoms with Crippen molar-refractivity contribution in [3.63, 3.8) is 0 Å². The van der Waals surface area contributed by atoms with E-state index < -0.39 is 0 Å². The van der Waals surface area contributed by atoms with E-state index in [0.717, 1.165) is 23.4 Å². The van der Waals surface area contributed by atoms with E-state index in [-0.39, 0.29) is 5.91 Å². The van der Waals surface area contributed by atoms with Crippen LogP contribution in [-0.4, -0.2) is 16.8 Å². The summed E-state index contributed by atoms with van der Waals surface area (Å²) in [7, 11) is 0. The fourth-order valence-corrected chi connectivity index (χ4v) is 1.89. The van der Waals surface area contributed by atoms with Crippen LogP contribution in [0.1, 0.15) is 21.6 Å². The number of carbonyl (C=O) groups is 1. The normalized spacial score (nSPS) is 10.2. The van der Waals surface area contributed by atoms with Crippen LogP contribution in [0.25, 0.3) is 0 Å². The lowest BCUT2D eigenvalue weighted by atomic mass is 10.1. The molecule has 1 amide bonds. The number of alkyl halides is 1. The molecule has 0 unspecified atom stereocenters. The highest BCUT2D eigenvalue weighted by atomic mass is 35.5. The zero-order valence-corrected chi connectivity index (χ0v) is 11.4. The van der Waals surface area contributed by atoms with E-state index in [9.17, 15) is 4.79 Å². The van der Waals surface area contributed by atoms with Gasteiger partial charge in [-0.15, -0.1) is 11.6 Å². The molecule has 0 fully saturated rings. The van der Waals surface area contributed by atoms with Gasteiger partial charge in [0.2, 0.25) is 0 Å². The summed E-state index contributed by atoms with van der Waals surface area (Å²) < 4.78 is 0. The van der Waals surface area contributed by atoms with Gasteiger partial charge in [0.1, 0.15) is 0 Å². The first-order valence-corrected chi connectivity index (χ1v) is 6.61. The van der Waals surface area contributed by atoms with E-state index in [1.165, 1.54) is 0 Å². The van der Waals surface area contributed by atoms with Crippen molar-refractivity contribution in [2.75, 3.05) is 11.2 Å². The molecule has 2 rings (SSSR count). The topological polar surface area (TPSA) is 42.0 Å². The van der Waals surface area contributed by atoms with Crippen LogP contribution in [0.4, 0.5) is 5.69 Å². The molecule has 98 valence electrons. The van der Waals surface area contributed by atoms with Gasteiger partial charge >= 0.3 is 0 Å². The highest BCUT2D eigenvalue weighted by Crippen LogP contribution is 2.12. The quantitative estimate of drug-likeness (QED) is 0.868. The fourth-order valence-electron chi connectivity index (χ4n) is 1.67. The van der Waals surface area contributed by atoms with Gasteiger partial charge in [0.05, 0.1) is 5.56 Å². The van der Waals surface area contributed by atoms with Gasteiger partial charge in [-0.2, -0.15) is 0 Å². The van der Waals surface area contributed by atoms with Crippen LogP contribution in [0.3, 0.4) is 0 Å². The van der Waals surface area contributed by atoms with E-state index in [2.05, 4.69) is 10.3 Å². The lowest BCUT2D eigenvalue weighted by Gasteiger charge is -2.06. The summed E-state index contributed by atoms with van der Waals surface area (Å²) in [5, 5.41) is 2.84. The molecular weight excluding hydrogens is 260 g/mol. The minimum absolute atomic E-state index is 0.155. The van der Waals surface area contributed by atoms with Crippen molar-refractivity contribution in [1.82, 2.24) is 4.98 Å². The van der Waals surface area contributed by atoms with Gasteiger partial charge in [-0.05, 0) is 43.2 Å². The molecule has 0 radical (unpaired) electrons. The number of aryl methyl sites for hydroxylation is 2. The standard InChI is InChI=1S/C15H15ClN2O/c1-11-2-5-13(10-17-11)15(19)18-14-6-3-12(4-7-14)8-9-16/h2-7,10H,8-9H2,1H3,(H,18,19). The molecule has 1 aromatic heterocycles. The number of halogens is 1. The van der Waals surface area contributed by atoms with Gasteiger partial charge in [0.15, 0.2) is 0 Å². The van der Waals surface area contributed by atoms with Crippen LogP contribution in [0, 0.1) is 6.92 Å². The molecule has 0 aliphatic heterocycles. The van der Waals surface area contributed by atoms with Gasteiger partial charge in [-0.1, -0.05) is 12.1 Å². The molecule has 2 aromatic rings. The number of rotatable bonds is 4. The summed E-state index contributed by atoms with van der Waals surface area (Å²) in [4.78, 5) is 16.1. The van der Waals surface area contributed by atoms with E-state index in [0.29, 0.717) is 11.4 Å². The number of hydrogen-bond donors (Lipinski definition) is 1. The van der Waals surface area contributed by atoms with Crippen LogP contribution in [-0.2, 0) is 6.42 Å². The Morgan fingerprint density at radius 2 is 1.95 bits per heavy atom. The molecule has 0 saturated heterocycles. The number of hydrogen-bond acceptors (Lipinski definition) is 2. The van der Waals surface area contributed by atoms with E-state index in [1.54, 1.807) is 12.3 Å². The zero-order valence-electron chi connectivity index (χ0n) is 10.7. The molecule has 0 bridgehead atoms. The first-order chi connectivity index (χ1) is 9.19. The second kappa shape index (κ2) is 6.34. The molecule has 1 aromatic carbocycles. The second-order valence-corrected chi connectivity index (χ2v) is 4.66. The average molecular weight is 275 g/mol. The molecule has 0 aliphatic rings. The number of amides is 1. The first kappa shape index (κ1) is 13.6. The minimum Gasteiger partial charge on any atom is -0.322 e. The number of benzene rings is 1. The molecule has 1 N–H and O–H groups in total. The third-order valence-corrected chi connectivity index (χ3v) is 2.96. The monoisotopic (exact) mass is 274 g/mol. The van der Waals surface area contributed by atoms with Crippen LogP contribution < -0.4 is 5.32 Å². The Hall–Kier alpha value is -1.87. The van der Waals surface area contributed by atoms with Crippen molar-refractivity contribution < 1.29 is 4.79 Å². The summed E-state index contributed by atoms with van der Waals surface area (Å²) in [6, 6.07) is 11.3. The van der Waals surface area contributed by atoms with E-state index >= 15 is 0 Å². The van der Waals surface area contributed by atoms with Crippen LogP contribution in [0.15, 0.2) is 42.6 Å². The average Bonchev–Trinajstić information content (AvgIpc) is 2.42. The van der Waals surface area contributed by atoms with Crippen LogP contribution in [0.2, 0.25) is 0 Å². The highest BCUT2D eigenvalue weighted by Gasteiger charge is 2.06. The maximum absolute atomic E-state index is 12.0. The lowest BCUT2D eigenvalue weighted by Crippen LogP contribution is -2.12. The molecule has 0 spiro atoms. The Morgan fingerprint density at radius 3 is 2.53 bits per heavy atom. The summed E-state index contributed by atoms with van der Waals surface area (Å²) in [6.07, 6.45) is 2.41. The van der Waals surface area contributed by atoms with Crippen LogP contribution in [0.5, 0.6) is 0 Å². The van der Waals surface area contributed by atoms with Crippen molar-refractivity contribution in [1.29, 1.82) is 0 Å².